The van der Waals surface area contributed by atoms with Crippen molar-refractivity contribution in [2.45, 2.75) is 46.3 Å². The molecule has 1 unspecified atom stereocenters. The summed E-state index contributed by atoms with van der Waals surface area (Å²) in [7, 11) is 3.10. The predicted octanol–water partition coefficient (Wildman–Crippen LogP) is 4.07. The van der Waals surface area contributed by atoms with Gasteiger partial charge < -0.3 is 19.7 Å². The van der Waals surface area contributed by atoms with Crippen molar-refractivity contribution < 1.29 is 19.1 Å². The molecule has 0 radical (unpaired) electrons. The quantitative estimate of drug-likeness (QED) is 0.461. The molecular weight excluding hydrogens is 482 g/mol. The van der Waals surface area contributed by atoms with E-state index in [0.29, 0.717) is 28.3 Å². The molecule has 0 saturated heterocycles. The molecule has 3 rings (SSSR count). The zero-order chi connectivity index (χ0) is 26.4. The Kier molecular flexibility index (Phi) is 8.82. The van der Waals surface area contributed by atoms with Crippen LogP contribution in [-0.4, -0.2) is 52.2 Å². The molecule has 36 heavy (non-hydrogen) atoms. The minimum atomic E-state index is -1.04. The van der Waals surface area contributed by atoms with Crippen LogP contribution in [0.1, 0.15) is 52.6 Å². The lowest BCUT2D eigenvalue weighted by atomic mass is 9.96. The highest BCUT2D eigenvalue weighted by atomic mass is 35.5. The first kappa shape index (κ1) is 26.9. The van der Waals surface area contributed by atoms with E-state index in [4.69, 9.17) is 21.1 Å². The highest BCUT2D eigenvalue weighted by Gasteiger charge is 2.36. The number of halogens is 1. The molecule has 2 aromatic heterocycles. The largest absolute Gasteiger partial charge is 0.497 e. The van der Waals surface area contributed by atoms with Crippen LogP contribution in [0.3, 0.4) is 0 Å². The molecule has 10 heteroatoms. The van der Waals surface area contributed by atoms with E-state index in [0.717, 1.165) is 5.56 Å². The van der Waals surface area contributed by atoms with Gasteiger partial charge in [0.1, 0.15) is 17.5 Å². The molecule has 0 aliphatic heterocycles. The smallest absolute Gasteiger partial charge is 0.256 e. The number of nitrogens with zero attached hydrogens (tertiary/aromatic N) is 4. The third-order valence-corrected chi connectivity index (χ3v) is 5.75. The van der Waals surface area contributed by atoms with Crippen molar-refractivity contribution in [1.82, 2.24) is 25.4 Å². The lowest BCUT2D eigenvalue weighted by Crippen LogP contribution is -2.45. The Morgan fingerprint density at radius 3 is 2.36 bits per heavy atom. The lowest BCUT2D eigenvalue weighted by molar-refractivity contribution is -0.126. The summed E-state index contributed by atoms with van der Waals surface area (Å²) in [4.78, 5) is 33.6. The van der Waals surface area contributed by atoms with Gasteiger partial charge in [-0.2, -0.15) is 5.10 Å². The normalized spacial score (nSPS) is 11.7. The van der Waals surface area contributed by atoms with Gasteiger partial charge in [0.05, 0.1) is 31.7 Å². The van der Waals surface area contributed by atoms with Crippen LogP contribution in [0.4, 0.5) is 0 Å². The highest BCUT2D eigenvalue weighted by molar-refractivity contribution is 6.29. The molecule has 9 nitrogen and oxygen atoms in total. The molecule has 0 aliphatic rings. The summed E-state index contributed by atoms with van der Waals surface area (Å²) in [5.41, 5.74) is 2.86. The fourth-order valence-corrected chi connectivity index (χ4v) is 4.08. The van der Waals surface area contributed by atoms with E-state index in [1.165, 1.54) is 24.3 Å². The number of nitrogens with one attached hydrogen (secondary N) is 1. The second-order valence-corrected chi connectivity index (χ2v) is 8.97. The van der Waals surface area contributed by atoms with Gasteiger partial charge in [0.25, 0.3) is 5.91 Å². The van der Waals surface area contributed by atoms with Gasteiger partial charge in [-0.15, -0.1) is 5.10 Å². The van der Waals surface area contributed by atoms with Crippen molar-refractivity contribution in [2.24, 2.45) is 0 Å². The number of hydrogen-bond acceptors (Lipinski definition) is 7. The van der Waals surface area contributed by atoms with Crippen molar-refractivity contribution in [3.8, 4) is 11.5 Å². The second-order valence-electron chi connectivity index (χ2n) is 8.59. The summed E-state index contributed by atoms with van der Waals surface area (Å²) < 4.78 is 11.0. The van der Waals surface area contributed by atoms with Crippen molar-refractivity contribution in [2.75, 3.05) is 14.2 Å². The summed E-state index contributed by atoms with van der Waals surface area (Å²) in [5, 5.41) is 10.6. The molecule has 0 aliphatic carbocycles. The van der Waals surface area contributed by atoms with E-state index >= 15 is 0 Å². The van der Waals surface area contributed by atoms with Gasteiger partial charge in [-0.05, 0) is 57.0 Å². The van der Waals surface area contributed by atoms with E-state index in [9.17, 15) is 9.59 Å². The number of methoxy groups -OCH3 is 2. The third kappa shape index (κ3) is 6.09. The Labute approximate surface area is 215 Å². The molecule has 1 aromatic carbocycles. The minimum Gasteiger partial charge on any atom is -0.497 e. The highest BCUT2D eigenvalue weighted by Crippen LogP contribution is 2.36. The summed E-state index contributed by atoms with van der Waals surface area (Å²) in [6.45, 7) is 7.46. The molecule has 1 atom stereocenters. The number of pyridine rings is 1. The Hall–Kier alpha value is -3.72. The molecule has 2 heterocycles. The van der Waals surface area contributed by atoms with Crippen LogP contribution < -0.4 is 14.8 Å². The lowest BCUT2D eigenvalue weighted by Gasteiger charge is -2.34. The van der Waals surface area contributed by atoms with Crippen LogP contribution in [-0.2, 0) is 11.3 Å². The van der Waals surface area contributed by atoms with Gasteiger partial charge in [-0.3, -0.25) is 14.6 Å². The minimum absolute atomic E-state index is 0.0712. The number of aromatic nitrogens is 3. The zero-order valence-electron chi connectivity index (χ0n) is 21.2. The maximum absolute atomic E-state index is 14.0. The fourth-order valence-electron chi connectivity index (χ4n) is 3.92. The van der Waals surface area contributed by atoms with Gasteiger partial charge in [0.15, 0.2) is 5.15 Å². The van der Waals surface area contributed by atoms with Gasteiger partial charge in [-0.25, -0.2) is 0 Å². The number of ether oxygens (including phenoxy) is 2. The molecule has 1 N–H and O–H groups in total. The van der Waals surface area contributed by atoms with E-state index in [1.54, 1.807) is 32.4 Å². The van der Waals surface area contributed by atoms with Gasteiger partial charge in [0.2, 0.25) is 5.91 Å². The Bertz CT molecular complexity index is 1230. The number of hydrogen-bond donors (Lipinski definition) is 1. The van der Waals surface area contributed by atoms with Gasteiger partial charge in [0, 0.05) is 24.3 Å². The molecular formula is C26H30ClN5O4. The number of amides is 2. The summed E-state index contributed by atoms with van der Waals surface area (Å²) >= 11 is 6.04. The molecule has 0 fully saturated rings. The van der Waals surface area contributed by atoms with Crippen molar-refractivity contribution in [1.29, 1.82) is 0 Å². The second kappa shape index (κ2) is 11.8. The van der Waals surface area contributed by atoms with Crippen molar-refractivity contribution in [3.05, 3.63) is 75.8 Å². The van der Waals surface area contributed by atoms with Crippen molar-refractivity contribution >= 4 is 23.4 Å². The summed E-state index contributed by atoms with van der Waals surface area (Å²) in [5.74, 6) is 0.324. The number of aryl methyl sites for hydroxylation is 2. The number of rotatable bonds is 9. The van der Waals surface area contributed by atoms with E-state index in [-0.39, 0.29) is 29.2 Å². The zero-order valence-corrected chi connectivity index (χ0v) is 22.0. The summed E-state index contributed by atoms with van der Waals surface area (Å²) in [6.07, 6.45) is 3.00. The maximum atomic E-state index is 14.0. The third-order valence-electron chi connectivity index (χ3n) is 5.56. The van der Waals surface area contributed by atoms with E-state index in [1.807, 2.05) is 32.9 Å². The molecule has 0 saturated carbocycles. The number of carbonyl (C=O) groups excluding carboxylic acids is 2. The fraction of sp³-hybridized carbons (Fsp3) is 0.346. The monoisotopic (exact) mass is 511 g/mol. The first-order valence-electron chi connectivity index (χ1n) is 11.4. The number of carbonyl (C=O) groups is 2. The van der Waals surface area contributed by atoms with Crippen molar-refractivity contribution in [3.63, 3.8) is 0 Å². The molecule has 190 valence electrons. The first-order chi connectivity index (χ1) is 17.2. The Morgan fingerprint density at radius 1 is 1.08 bits per heavy atom. The SMILES string of the molecule is COc1ccc(CN(C(=O)c2cnnc(Cl)c2)C(C(=O)NC(C)C)c2c(C)cnc(C)c2OC)cc1. The van der Waals surface area contributed by atoms with Crippen LogP contribution >= 0.6 is 11.6 Å². The molecule has 3 aromatic rings. The molecule has 0 bridgehead atoms. The Morgan fingerprint density at radius 2 is 1.78 bits per heavy atom. The molecule has 0 spiro atoms. The standard InChI is InChI=1S/C26H30ClN5O4/c1-15(2)30-25(33)23(22-16(3)12-28-17(4)24(22)36-6)32(14-18-7-9-20(35-5)10-8-18)26(34)19-11-21(27)31-29-13-19/h7-13,15,23H,14H2,1-6H3,(H,30,33). The summed E-state index contributed by atoms with van der Waals surface area (Å²) in [6, 6.07) is 7.52. The average molecular weight is 512 g/mol. The van der Waals surface area contributed by atoms with Crippen LogP contribution in [0.15, 0.2) is 42.7 Å². The maximum Gasteiger partial charge on any atom is 0.256 e. The Balaban J connectivity index is 2.23. The van der Waals surface area contributed by atoms with Crippen LogP contribution in [0.2, 0.25) is 5.15 Å². The topological polar surface area (TPSA) is 107 Å². The number of benzene rings is 1. The van der Waals surface area contributed by atoms with Gasteiger partial charge >= 0.3 is 0 Å². The van der Waals surface area contributed by atoms with Crippen LogP contribution in [0, 0.1) is 13.8 Å². The van der Waals surface area contributed by atoms with Crippen LogP contribution in [0.5, 0.6) is 11.5 Å². The van der Waals surface area contributed by atoms with Gasteiger partial charge in [-0.1, -0.05) is 23.7 Å². The average Bonchev–Trinajstić information content (AvgIpc) is 2.85. The molecule has 2 amide bonds. The van der Waals surface area contributed by atoms with E-state index in [2.05, 4.69) is 20.5 Å². The first-order valence-corrected chi connectivity index (χ1v) is 11.8. The van der Waals surface area contributed by atoms with Crippen LogP contribution in [0.25, 0.3) is 0 Å². The van der Waals surface area contributed by atoms with E-state index < -0.39 is 11.9 Å². The predicted molar refractivity (Wildman–Crippen MR) is 136 cm³/mol.